The van der Waals surface area contributed by atoms with Crippen LogP contribution >= 0.6 is 0 Å². The van der Waals surface area contributed by atoms with Crippen LogP contribution in [0.3, 0.4) is 0 Å². The fourth-order valence-corrected chi connectivity index (χ4v) is 3.97. The first-order chi connectivity index (χ1) is 10.3. The Labute approximate surface area is 126 Å². The maximum atomic E-state index is 13.7. The van der Waals surface area contributed by atoms with Gasteiger partial charge in [-0.25, -0.2) is 4.39 Å². The molecule has 21 heavy (non-hydrogen) atoms. The second-order valence-corrected chi connectivity index (χ2v) is 6.01. The molecule has 0 spiro atoms. The Balaban J connectivity index is 2.07. The van der Waals surface area contributed by atoms with Crippen LogP contribution in [0.4, 0.5) is 4.39 Å². The number of benzene rings is 2. The Kier molecular flexibility index (Phi) is 4.07. The lowest BCUT2D eigenvalue weighted by molar-refractivity contribution is 0.315. The van der Waals surface area contributed by atoms with E-state index < -0.39 is 0 Å². The van der Waals surface area contributed by atoms with Crippen molar-refractivity contribution in [3.05, 3.63) is 71.5 Å². The van der Waals surface area contributed by atoms with Gasteiger partial charge in [0.2, 0.25) is 0 Å². The second kappa shape index (κ2) is 5.98. The van der Waals surface area contributed by atoms with E-state index in [0.29, 0.717) is 0 Å². The number of likely N-dealkylation sites (N-methyl/N-ethyl adjacent to an activating group) is 1. The summed E-state index contributed by atoms with van der Waals surface area (Å²) in [7, 11) is 1.98. The predicted octanol–water partition coefficient (Wildman–Crippen LogP) is 4.60. The third-order valence-electron chi connectivity index (χ3n) is 4.87. The van der Waals surface area contributed by atoms with Gasteiger partial charge in [-0.1, -0.05) is 55.3 Å². The number of hydrogen-bond acceptors (Lipinski definition) is 1. The molecule has 1 aliphatic rings. The minimum absolute atomic E-state index is 0.0732. The molecule has 2 heteroatoms. The van der Waals surface area contributed by atoms with Crippen molar-refractivity contribution in [1.82, 2.24) is 5.32 Å². The van der Waals surface area contributed by atoms with Gasteiger partial charge in [-0.3, -0.25) is 0 Å². The Morgan fingerprint density at radius 3 is 2.33 bits per heavy atom. The molecular weight excluding hydrogens is 261 g/mol. The average molecular weight is 283 g/mol. The van der Waals surface area contributed by atoms with Crippen molar-refractivity contribution in [3.8, 4) is 0 Å². The molecule has 1 nitrogen and oxygen atoms in total. The summed E-state index contributed by atoms with van der Waals surface area (Å²) < 4.78 is 13.7. The highest BCUT2D eigenvalue weighted by Gasteiger charge is 2.42. The Bertz CT molecular complexity index is 588. The molecule has 0 radical (unpaired) electrons. The summed E-state index contributed by atoms with van der Waals surface area (Å²) in [6, 6.07) is 17.9. The maximum Gasteiger partial charge on any atom is 0.123 e. The van der Waals surface area contributed by atoms with E-state index in [-0.39, 0.29) is 17.3 Å². The van der Waals surface area contributed by atoms with Crippen LogP contribution < -0.4 is 5.32 Å². The van der Waals surface area contributed by atoms with Gasteiger partial charge in [0.1, 0.15) is 5.82 Å². The fraction of sp³-hybridized carbons (Fsp3) is 0.368. The molecule has 0 aliphatic heterocycles. The molecule has 3 rings (SSSR count). The van der Waals surface area contributed by atoms with E-state index in [4.69, 9.17) is 0 Å². The normalized spacial score (nSPS) is 18.6. The van der Waals surface area contributed by atoms with Crippen LogP contribution in [0, 0.1) is 5.82 Å². The molecule has 0 bridgehead atoms. The van der Waals surface area contributed by atoms with Gasteiger partial charge in [0.15, 0.2) is 0 Å². The van der Waals surface area contributed by atoms with Gasteiger partial charge in [0.05, 0.1) is 0 Å². The zero-order valence-corrected chi connectivity index (χ0v) is 12.5. The maximum absolute atomic E-state index is 13.7. The smallest absolute Gasteiger partial charge is 0.123 e. The summed E-state index contributed by atoms with van der Waals surface area (Å²) in [6.07, 6.45) is 4.78. The molecule has 1 atom stereocenters. The zero-order chi connectivity index (χ0) is 14.7. The minimum atomic E-state index is -0.158. The van der Waals surface area contributed by atoms with E-state index in [1.54, 1.807) is 6.07 Å². The van der Waals surface area contributed by atoms with Crippen molar-refractivity contribution < 1.29 is 4.39 Å². The Morgan fingerprint density at radius 1 is 1.00 bits per heavy atom. The van der Waals surface area contributed by atoms with Crippen LogP contribution in [-0.2, 0) is 5.41 Å². The van der Waals surface area contributed by atoms with E-state index in [9.17, 15) is 4.39 Å². The highest BCUT2D eigenvalue weighted by molar-refractivity contribution is 5.34. The molecule has 2 aromatic rings. The molecule has 0 aromatic heterocycles. The van der Waals surface area contributed by atoms with E-state index in [1.807, 2.05) is 19.2 Å². The fourth-order valence-electron chi connectivity index (χ4n) is 3.97. The van der Waals surface area contributed by atoms with Crippen LogP contribution in [0.15, 0.2) is 54.6 Å². The predicted molar refractivity (Wildman–Crippen MR) is 84.8 cm³/mol. The molecule has 2 aromatic carbocycles. The lowest BCUT2D eigenvalue weighted by atomic mass is 9.70. The average Bonchev–Trinajstić information content (AvgIpc) is 3.00. The zero-order valence-electron chi connectivity index (χ0n) is 12.5. The summed E-state index contributed by atoms with van der Waals surface area (Å²) in [5.74, 6) is -0.158. The summed E-state index contributed by atoms with van der Waals surface area (Å²) in [6.45, 7) is 0. The SMILES string of the molecule is CNC(c1cccc(F)c1)C1(c2ccccc2)CCCC1. The molecule has 0 saturated heterocycles. The Hall–Kier alpha value is -1.67. The number of rotatable bonds is 4. The number of hydrogen-bond donors (Lipinski definition) is 1. The quantitative estimate of drug-likeness (QED) is 0.864. The molecular formula is C19H22FN. The lowest BCUT2D eigenvalue weighted by Gasteiger charge is -2.38. The van der Waals surface area contributed by atoms with Crippen molar-refractivity contribution in [3.63, 3.8) is 0 Å². The third-order valence-corrected chi connectivity index (χ3v) is 4.87. The summed E-state index contributed by atoms with van der Waals surface area (Å²) in [5, 5.41) is 3.46. The van der Waals surface area contributed by atoms with E-state index >= 15 is 0 Å². The monoisotopic (exact) mass is 283 g/mol. The first-order valence-electron chi connectivity index (χ1n) is 7.74. The standard InChI is InChI=1S/C19H22FN/c1-21-18(15-8-7-11-17(20)14-15)19(12-5-6-13-19)16-9-3-2-4-10-16/h2-4,7-11,14,18,21H,5-6,12-13H2,1H3. The number of halogens is 1. The van der Waals surface area contributed by atoms with E-state index in [0.717, 1.165) is 18.4 Å². The molecule has 1 aliphatic carbocycles. The largest absolute Gasteiger partial charge is 0.312 e. The third kappa shape index (κ3) is 2.60. The van der Waals surface area contributed by atoms with Crippen LogP contribution in [0.5, 0.6) is 0 Å². The summed E-state index contributed by atoms with van der Waals surface area (Å²) >= 11 is 0. The highest BCUT2D eigenvalue weighted by Crippen LogP contribution is 2.49. The van der Waals surface area contributed by atoms with Gasteiger partial charge in [-0.15, -0.1) is 0 Å². The van der Waals surface area contributed by atoms with Gasteiger partial charge < -0.3 is 5.32 Å². The van der Waals surface area contributed by atoms with Gasteiger partial charge in [0.25, 0.3) is 0 Å². The van der Waals surface area contributed by atoms with Crippen LogP contribution in [0.1, 0.15) is 42.9 Å². The minimum Gasteiger partial charge on any atom is -0.312 e. The van der Waals surface area contributed by atoms with Crippen LogP contribution in [-0.4, -0.2) is 7.05 Å². The molecule has 0 heterocycles. The lowest BCUT2D eigenvalue weighted by Crippen LogP contribution is -2.38. The van der Waals surface area contributed by atoms with Crippen LogP contribution in [0.25, 0.3) is 0 Å². The molecule has 110 valence electrons. The number of nitrogens with one attached hydrogen (secondary N) is 1. The van der Waals surface area contributed by atoms with Crippen molar-refractivity contribution in [1.29, 1.82) is 0 Å². The van der Waals surface area contributed by atoms with Crippen molar-refractivity contribution in [2.24, 2.45) is 0 Å². The first-order valence-corrected chi connectivity index (χ1v) is 7.74. The topological polar surface area (TPSA) is 12.0 Å². The van der Waals surface area contributed by atoms with Gasteiger partial charge in [-0.05, 0) is 43.1 Å². The Morgan fingerprint density at radius 2 is 1.71 bits per heavy atom. The van der Waals surface area contributed by atoms with Crippen molar-refractivity contribution in [2.45, 2.75) is 37.1 Å². The summed E-state index contributed by atoms with van der Waals surface area (Å²) in [5.41, 5.74) is 2.48. The van der Waals surface area contributed by atoms with E-state index in [2.05, 4.69) is 35.6 Å². The first kappa shape index (κ1) is 14.3. The molecule has 0 amide bonds. The van der Waals surface area contributed by atoms with Crippen LogP contribution in [0.2, 0.25) is 0 Å². The van der Waals surface area contributed by atoms with Crippen molar-refractivity contribution in [2.75, 3.05) is 7.05 Å². The second-order valence-electron chi connectivity index (χ2n) is 6.01. The van der Waals surface area contributed by atoms with Crippen molar-refractivity contribution >= 4 is 0 Å². The molecule has 1 unspecified atom stereocenters. The molecule has 1 fully saturated rings. The van der Waals surface area contributed by atoms with Gasteiger partial charge >= 0.3 is 0 Å². The summed E-state index contributed by atoms with van der Waals surface area (Å²) in [4.78, 5) is 0. The van der Waals surface area contributed by atoms with E-state index in [1.165, 1.54) is 24.5 Å². The van der Waals surface area contributed by atoms with Gasteiger partial charge in [0, 0.05) is 11.5 Å². The molecule has 1 N–H and O–H groups in total. The molecule has 1 saturated carbocycles. The highest BCUT2D eigenvalue weighted by atomic mass is 19.1. The van der Waals surface area contributed by atoms with Gasteiger partial charge in [-0.2, -0.15) is 0 Å².